The van der Waals surface area contributed by atoms with Crippen molar-refractivity contribution in [3.8, 4) is 17.4 Å². The summed E-state index contributed by atoms with van der Waals surface area (Å²) in [6.07, 6.45) is 0.785. The highest BCUT2D eigenvalue weighted by Gasteiger charge is 2.08. The fourth-order valence-corrected chi connectivity index (χ4v) is 1.42. The van der Waals surface area contributed by atoms with Crippen LogP contribution < -0.4 is 16.0 Å². The zero-order chi connectivity index (χ0) is 13.0. The maximum Gasteiger partial charge on any atom is 0.233 e. The van der Waals surface area contributed by atoms with Gasteiger partial charge in [-0.05, 0) is 12.5 Å². The molecule has 2 aromatic heterocycles. The van der Waals surface area contributed by atoms with Gasteiger partial charge in [-0.3, -0.25) is 0 Å². The highest BCUT2D eigenvalue weighted by Crippen LogP contribution is 2.16. The summed E-state index contributed by atoms with van der Waals surface area (Å²) in [5, 5.41) is 7.88. The van der Waals surface area contributed by atoms with Crippen LogP contribution in [0, 0.1) is 0 Å². The molecule has 0 amide bonds. The van der Waals surface area contributed by atoms with Crippen molar-refractivity contribution in [2.24, 2.45) is 5.84 Å². The number of aromatic nitrogens is 4. The van der Waals surface area contributed by atoms with Crippen molar-refractivity contribution >= 4 is 5.82 Å². The minimum Gasteiger partial charge on any atom is -0.480 e. The second kappa shape index (κ2) is 5.37. The van der Waals surface area contributed by atoms with Gasteiger partial charge >= 0.3 is 0 Å². The number of anilines is 1. The second-order valence-electron chi connectivity index (χ2n) is 3.53. The molecule has 0 atom stereocenters. The number of hydrogen-bond acceptors (Lipinski definition) is 7. The number of aryl methyl sites for hydroxylation is 1. The van der Waals surface area contributed by atoms with Gasteiger partial charge in [-0.2, -0.15) is 0 Å². The number of methoxy groups -OCH3 is 1. The quantitative estimate of drug-likeness (QED) is 0.607. The van der Waals surface area contributed by atoms with E-state index in [-0.39, 0.29) is 0 Å². The van der Waals surface area contributed by atoms with Crippen molar-refractivity contribution < 1.29 is 4.74 Å². The Morgan fingerprint density at radius 1 is 1.28 bits per heavy atom. The maximum absolute atomic E-state index is 5.37. The van der Waals surface area contributed by atoms with Crippen LogP contribution in [0.5, 0.6) is 5.88 Å². The first-order chi connectivity index (χ1) is 8.76. The largest absolute Gasteiger partial charge is 0.480 e. The maximum atomic E-state index is 5.37. The van der Waals surface area contributed by atoms with Crippen LogP contribution in [-0.2, 0) is 6.42 Å². The average Bonchev–Trinajstić information content (AvgIpc) is 2.46. The van der Waals surface area contributed by atoms with Crippen LogP contribution in [0.1, 0.15) is 12.6 Å². The van der Waals surface area contributed by atoms with Crippen LogP contribution in [0.3, 0.4) is 0 Å². The Hall–Kier alpha value is -2.28. The van der Waals surface area contributed by atoms with Crippen LogP contribution in [0.25, 0.3) is 11.5 Å². The van der Waals surface area contributed by atoms with Crippen LogP contribution in [-0.4, -0.2) is 27.3 Å². The van der Waals surface area contributed by atoms with Gasteiger partial charge < -0.3 is 10.2 Å². The molecule has 2 aromatic rings. The minimum absolute atomic E-state index is 0.447. The van der Waals surface area contributed by atoms with E-state index < -0.39 is 0 Å². The number of rotatable bonds is 4. The topological polar surface area (TPSA) is 98.8 Å². The Bertz CT molecular complexity index is 505. The number of nitrogens with zero attached hydrogens (tertiary/aromatic N) is 4. The van der Waals surface area contributed by atoms with E-state index in [0.29, 0.717) is 23.2 Å². The molecule has 0 spiro atoms. The molecule has 18 heavy (non-hydrogen) atoms. The zero-order valence-electron chi connectivity index (χ0n) is 10.2. The number of nitrogens with two attached hydrogens (primary N) is 1. The third kappa shape index (κ3) is 2.51. The lowest BCUT2D eigenvalue weighted by Gasteiger charge is -2.05. The van der Waals surface area contributed by atoms with E-state index in [1.54, 1.807) is 18.2 Å². The molecule has 7 nitrogen and oxygen atoms in total. The number of nitrogen functional groups attached to an aromatic ring is 1. The summed E-state index contributed by atoms with van der Waals surface area (Å²) < 4.78 is 4.95. The van der Waals surface area contributed by atoms with E-state index in [1.165, 1.54) is 7.11 Å². The molecule has 2 rings (SSSR count). The zero-order valence-corrected chi connectivity index (χ0v) is 10.2. The summed E-state index contributed by atoms with van der Waals surface area (Å²) in [6, 6.07) is 5.25. The molecular formula is C11H14N6O. The molecule has 0 saturated carbocycles. The molecule has 0 fully saturated rings. The molecule has 0 aliphatic heterocycles. The third-order valence-corrected chi connectivity index (χ3v) is 2.37. The molecule has 0 unspecified atom stereocenters. The van der Waals surface area contributed by atoms with Crippen molar-refractivity contribution in [1.82, 2.24) is 20.2 Å². The molecule has 3 N–H and O–H groups in total. The summed E-state index contributed by atoms with van der Waals surface area (Å²) in [7, 11) is 1.54. The monoisotopic (exact) mass is 246 g/mol. The molecule has 0 aromatic carbocycles. The minimum atomic E-state index is 0.447. The normalized spacial score (nSPS) is 10.2. The predicted octanol–water partition coefficient (Wildman–Crippen LogP) is 0.790. The molecule has 0 saturated heterocycles. The Balaban J connectivity index is 2.41. The van der Waals surface area contributed by atoms with Gasteiger partial charge in [0.25, 0.3) is 0 Å². The first kappa shape index (κ1) is 12.2. The Labute approximate surface area is 104 Å². The number of ether oxygens (including phenoxy) is 1. The molecule has 0 aliphatic rings. The van der Waals surface area contributed by atoms with E-state index in [1.807, 2.05) is 6.92 Å². The third-order valence-electron chi connectivity index (χ3n) is 2.37. The smallest absolute Gasteiger partial charge is 0.233 e. The summed E-state index contributed by atoms with van der Waals surface area (Å²) in [4.78, 5) is 8.61. The van der Waals surface area contributed by atoms with Crippen molar-refractivity contribution in [3.05, 3.63) is 23.9 Å². The molecular weight excluding hydrogens is 232 g/mol. The number of hydrogen-bond donors (Lipinski definition) is 2. The SMILES string of the molecule is CCc1cc(NN)nc(-c2ccc(OC)nn2)n1. The van der Waals surface area contributed by atoms with Gasteiger partial charge in [-0.15, -0.1) is 10.2 Å². The Kier molecular flexibility index (Phi) is 3.63. The molecule has 0 bridgehead atoms. The van der Waals surface area contributed by atoms with Crippen LogP contribution in [0.2, 0.25) is 0 Å². The van der Waals surface area contributed by atoms with Crippen molar-refractivity contribution in [1.29, 1.82) is 0 Å². The first-order valence-corrected chi connectivity index (χ1v) is 5.49. The van der Waals surface area contributed by atoms with Gasteiger partial charge in [-0.25, -0.2) is 15.8 Å². The summed E-state index contributed by atoms with van der Waals surface area (Å²) in [5.74, 6) is 6.85. The van der Waals surface area contributed by atoms with Crippen LogP contribution in [0.15, 0.2) is 18.2 Å². The van der Waals surface area contributed by atoms with E-state index in [2.05, 4.69) is 25.6 Å². The molecule has 0 aliphatic carbocycles. The van der Waals surface area contributed by atoms with Gasteiger partial charge in [-0.1, -0.05) is 6.92 Å². The van der Waals surface area contributed by atoms with Gasteiger partial charge in [0.2, 0.25) is 5.88 Å². The van der Waals surface area contributed by atoms with Gasteiger partial charge in [0, 0.05) is 17.8 Å². The summed E-state index contributed by atoms with van der Waals surface area (Å²) in [6.45, 7) is 2.01. The van der Waals surface area contributed by atoms with Gasteiger partial charge in [0.1, 0.15) is 11.5 Å². The fraction of sp³-hybridized carbons (Fsp3) is 0.273. The van der Waals surface area contributed by atoms with Crippen molar-refractivity contribution in [2.75, 3.05) is 12.5 Å². The Morgan fingerprint density at radius 2 is 2.11 bits per heavy atom. The van der Waals surface area contributed by atoms with Crippen molar-refractivity contribution in [3.63, 3.8) is 0 Å². The van der Waals surface area contributed by atoms with E-state index >= 15 is 0 Å². The second-order valence-corrected chi connectivity index (χ2v) is 3.53. The van der Waals surface area contributed by atoms with E-state index in [4.69, 9.17) is 10.6 Å². The van der Waals surface area contributed by atoms with Crippen molar-refractivity contribution in [2.45, 2.75) is 13.3 Å². The molecule has 94 valence electrons. The summed E-state index contributed by atoms with van der Waals surface area (Å²) >= 11 is 0. The highest BCUT2D eigenvalue weighted by atomic mass is 16.5. The number of hydrazine groups is 1. The average molecular weight is 246 g/mol. The summed E-state index contributed by atoms with van der Waals surface area (Å²) in [5.41, 5.74) is 3.96. The molecule has 7 heteroatoms. The van der Waals surface area contributed by atoms with Crippen LogP contribution >= 0.6 is 0 Å². The predicted molar refractivity (Wildman–Crippen MR) is 66.8 cm³/mol. The first-order valence-electron chi connectivity index (χ1n) is 5.49. The number of nitrogens with one attached hydrogen (secondary N) is 1. The molecule has 0 radical (unpaired) electrons. The lowest BCUT2D eigenvalue weighted by molar-refractivity contribution is 0.392. The fourth-order valence-electron chi connectivity index (χ4n) is 1.42. The van der Waals surface area contributed by atoms with E-state index in [9.17, 15) is 0 Å². The standard InChI is InChI=1S/C11H14N6O/c1-3-7-6-9(15-12)14-11(13-7)8-4-5-10(18-2)17-16-8/h4-6H,3,12H2,1-2H3,(H,13,14,15). The van der Waals surface area contributed by atoms with Crippen LogP contribution in [0.4, 0.5) is 5.82 Å². The van der Waals surface area contributed by atoms with Gasteiger partial charge in [0.15, 0.2) is 5.82 Å². The van der Waals surface area contributed by atoms with Gasteiger partial charge in [0.05, 0.1) is 7.11 Å². The Morgan fingerprint density at radius 3 is 2.67 bits per heavy atom. The highest BCUT2D eigenvalue weighted by molar-refractivity contribution is 5.52. The lowest BCUT2D eigenvalue weighted by Crippen LogP contribution is -2.10. The lowest BCUT2D eigenvalue weighted by atomic mass is 10.3. The molecule has 2 heterocycles. The van der Waals surface area contributed by atoms with E-state index in [0.717, 1.165) is 12.1 Å².